The smallest absolute Gasteiger partial charge is 0.330 e. The molecule has 0 amide bonds. The van der Waals surface area contributed by atoms with Gasteiger partial charge in [0, 0.05) is 12.2 Å². The van der Waals surface area contributed by atoms with E-state index in [0.29, 0.717) is 142 Å². The summed E-state index contributed by atoms with van der Waals surface area (Å²) in [7, 11) is 0. The fraction of sp³-hybridized carbons (Fsp3) is 0.593. The lowest BCUT2D eigenvalue weighted by Gasteiger charge is -2.30. The van der Waals surface area contributed by atoms with Gasteiger partial charge in [-0.15, -0.1) is 0 Å². The Kier molecular flexibility index (Phi) is 22.5. The molecule has 0 N–H and O–H groups in total. The van der Waals surface area contributed by atoms with Crippen molar-refractivity contribution in [2.24, 2.45) is 35.5 Å². The van der Waals surface area contributed by atoms with E-state index in [1.54, 1.807) is 0 Å². The van der Waals surface area contributed by atoms with Gasteiger partial charge in [0.15, 0.2) is 0 Å². The summed E-state index contributed by atoms with van der Waals surface area (Å²) in [5.41, 5.74) is -0.152. The molecule has 18 nitrogen and oxygen atoms in total. The van der Waals surface area contributed by atoms with Crippen molar-refractivity contribution in [3.8, 4) is 17.6 Å². The Balaban J connectivity index is 0.911. The summed E-state index contributed by atoms with van der Waals surface area (Å²) < 4.78 is 44.7. The molecule has 0 unspecified atom stereocenters. The molecule has 1 aliphatic heterocycles. The average molecular weight is 1060 g/mol. The van der Waals surface area contributed by atoms with Gasteiger partial charge in [0.1, 0.15) is 23.7 Å². The van der Waals surface area contributed by atoms with E-state index in [4.69, 9.17) is 44.5 Å². The molecule has 74 heavy (non-hydrogen) atoms. The Labute approximate surface area is 439 Å². The number of hydrogen-bond donors (Lipinski definition) is 0. The van der Waals surface area contributed by atoms with Crippen molar-refractivity contribution in [3.05, 3.63) is 58.8 Å². The number of benzene rings is 1. The zero-order valence-corrected chi connectivity index (χ0v) is 43.2. The number of hydrogen-bond acceptors (Lipinski definition) is 19. The fourth-order valence-electron chi connectivity index (χ4n) is 9.62. The van der Waals surface area contributed by atoms with Gasteiger partial charge in [-0.25, -0.2) is 19.7 Å². The van der Waals surface area contributed by atoms with Crippen LogP contribution in [0.3, 0.4) is 0 Å². The molecule has 4 saturated carbocycles. The van der Waals surface area contributed by atoms with Crippen LogP contribution in [-0.4, -0.2) is 86.4 Å². The average Bonchev–Trinajstić information content (AvgIpc) is 3.87. The number of carbonyl (C=O) groups excluding carboxylic acids is 8. The molecule has 0 radical (unpaired) electrons. The molecule has 1 aromatic carbocycles. The Morgan fingerprint density at radius 3 is 1.15 bits per heavy atom. The van der Waals surface area contributed by atoms with Crippen molar-refractivity contribution < 1.29 is 76.3 Å². The number of thioether (sulfide) groups is 2. The number of esters is 8. The summed E-state index contributed by atoms with van der Waals surface area (Å²) in [6, 6.07) is 4.98. The van der Waals surface area contributed by atoms with E-state index >= 15 is 0 Å². The summed E-state index contributed by atoms with van der Waals surface area (Å²) in [6.45, 7) is 15.1. The molecule has 1 aromatic rings. The second-order valence-electron chi connectivity index (χ2n) is 19.0. The van der Waals surface area contributed by atoms with Crippen molar-refractivity contribution in [2.75, 3.05) is 26.4 Å². The first kappa shape index (κ1) is 57.2. The van der Waals surface area contributed by atoms with Gasteiger partial charge in [0.05, 0.1) is 88.6 Å². The second kappa shape index (κ2) is 29.1. The van der Waals surface area contributed by atoms with Crippen molar-refractivity contribution in [1.29, 1.82) is 5.26 Å². The minimum Gasteiger partial charge on any atom is -0.465 e. The quantitative estimate of drug-likeness (QED) is 0.0200. The van der Waals surface area contributed by atoms with Gasteiger partial charge < -0.3 is 37.9 Å². The van der Waals surface area contributed by atoms with E-state index in [9.17, 15) is 43.6 Å². The molecule has 5 aliphatic rings. The first-order chi connectivity index (χ1) is 35.8. The lowest BCUT2D eigenvalue weighted by atomic mass is 9.82. The number of fused-ring (bicyclic) bond motifs is 1. The van der Waals surface area contributed by atoms with Crippen LogP contribution in [0.1, 0.15) is 128 Å². The van der Waals surface area contributed by atoms with Gasteiger partial charge in [-0.2, -0.15) is 0 Å². The molecule has 1 heterocycles. The number of ether oxygens (including phenoxy) is 8. The third-order valence-electron chi connectivity index (χ3n) is 14.0. The Morgan fingerprint density at radius 2 is 0.824 bits per heavy atom. The first-order valence-corrected chi connectivity index (χ1v) is 27.2. The topological polar surface area (TPSA) is 239 Å². The monoisotopic (exact) mass is 1060 g/mol. The van der Waals surface area contributed by atoms with Gasteiger partial charge in [0.2, 0.25) is 0 Å². The summed E-state index contributed by atoms with van der Waals surface area (Å²) in [5.74, 6) is -4.90. The normalized spacial score (nSPS) is 24.2. The minimum atomic E-state index is -0.495. The highest BCUT2D eigenvalue weighted by Gasteiger charge is 2.38. The molecule has 0 spiro atoms. The van der Waals surface area contributed by atoms with Gasteiger partial charge in [-0.1, -0.05) is 36.7 Å². The maximum absolute atomic E-state index is 13.6. The lowest BCUT2D eigenvalue weighted by molar-refractivity contribution is -0.161. The van der Waals surface area contributed by atoms with E-state index in [1.807, 2.05) is 6.07 Å². The highest BCUT2D eigenvalue weighted by Crippen LogP contribution is 2.59. The number of nitrogens with zero attached hydrogens (tertiary/aromatic N) is 2. The summed E-state index contributed by atoms with van der Waals surface area (Å²) >= 11 is 2.19. The summed E-state index contributed by atoms with van der Waals surface area (Å²) in [5, 5.41) is 9.68. The molecule has 0 bridgehead atoms. The van der Waals surface area contributed by atoms with Crippen molar-refractivity contribution in [1.82, 2.24) is 0 Å². The molecular formula is C54H64N2O16S2. The molecule has 20 heteroatoms. The zero-order valence-electron chi connectivity index (χ0n) is 41.6. The lowest BCUT2D eigenvalue weighted by Crippen LogP contribution is -2.33. The van der Waals surface area contributed by atoms with Crippen LogP contribution in [0.25, 0.3) is 4.85 Å². The van der Waals surface area contributed by atoms with Crippen LogP contribution >= 0.6 is 23.5 Å². The number of carbonyl (C=O) groups is 8. The predicted octanol–water partition coefficient (Wildman–Crippen LogP) is 9.23. The summed E-state index contributed by atoms with van der Waals surface area (Å²) in [4.78, 5) is 105. The van der Waals surface area contributed by atoms with E-state index in [2.05, 4.69) is 18.0 Å². The standard InChI is InChI=1S/C54H64N2O16S2/c1-4-44(57)65-28-6-8-30-67-48(59)33-10-14-35(15-11-33)50(61)69-39-22-18-37(19-23-39)52(63)71-42-26-27-43(47-46(42)73-54(74-47)41(32-55)56-3)72-53(64)38-20-24-40(25-21-38)70-51(62)36-16-12-34(13-17-36)49(60)68-31-9-7-29-66-45(58)5-2/h4-5,26-27,33-40H,1-2,6-25,28-31H2. The number of unbranched alkanes of at least 4 members (excludes halogenated alkanes) is 2. The number of allylic oxidation sites excluding steroid dienone is 1. The molecular weight excluding hydrogens is 997 g/mol. The van der Waals surface area contributed by atoms with Crippen LogP contribution in [0.2, 0.25) is 0 Å². The van der Waals surface area contributed by atoms with E-state index < -0.39 is 35.7 Å². The molecule has 398 valence electrons. The van der Waals surface area contributed by atoms with Crippen LogP contribution in [0.4, 0.5) is 0 Å². The molecule has 4 fully saturated rings. The third-order valence-corrected chi connectivity index (χ3v) is 16.6. The van der Waals surface area contributed by atoms with Gasteiger partial charge >= 0.3 is 47.8 Å². The van der Waals surface area contributed by atoms with Gasteiger partial charge in [-0.05, 0) is 141 Å². The maximum Gasteiger partial charge on any atom is 0.330 e. The number of nitriles is 1. The van der Waals surface area contributed by atoms with Crippen molar-refractivity contribution in [2.45, 2.75) is 150 Å². The van der Waals surface area contributed by atoms with E-state index in [0.717, 1.165) is 35.7 Å². The first-order valence-electron chi connectivity index (χ1n) is 25.6. The summed E-state index contributed by atoms with van der Waals surface area (Å²) in [6.07, 6.45) is 11.4. The van der Waals surface area contributed by atoms with Gasteiger partial charge in [-0.3, -0.25) is 28.8 Å². The molecule has 6 rings (SSSR count). The Morgan fingerprint density at radius 1 is 0.514 bits per heavy atom. The number of rotatable bonds is 22. The largest absolute Gasteiger partial charge is 0.465 e. The molecule has 0 aromatic heterocycles. The van der Waals surface area contributed by atoms with Crippen LogP contribution in [-0.2, 0) is 66.8 Å². The van der Waals surface area contributed by atoms with Crippen LogP contribution in [0, 0.1) is 53.4 Å². The molecule has 0 atom stereocenters. The SMILES string of the molecule is [C-]#[N+]C(C#N)=C1Sc2c(OC(=O)C3CCC(OC(=O)C4CCC(C(=O)OCCCCOC(=O)C=C)CC4)CC3)ccc(OC(=O)C3CCC(OC(=O)C4CCC(C(=O)OCCCCOC(=O)C=C)CC4)CC3)c2S1. The van der Waals surface area contributed by atoms with Gasteiger partial charge in [0.25, 0.3) is 5.70 Å². The van der Waals surface area contributed by atoms with E-state index in [-0.39, 0.29) is 103 Å². The van der Waals surface area contributed by atoms with Crippen LogP contribution in [0.15, 0.2) is 57.2 Å². The Hall–Kier alpha value is -6.12. The predicted molar refractivity (Wildman–Crippen MR) is 266 cm³/mol. The van der Waals surface area contributed by atoms with Crippen LogP contribution in [0.5, 0.6) is 11.5 Å². The highest BCUT2D eigenvalue weighted by molar-refractivity contribution is 8.24. The van der Waals surface area contributed by atoms with Crippen LogP contribution < -0.4 is 9.47 Å². The molecule has 0 saturated heterocycles. The molecule has 4 aliphatic carbocycles. The third kappa shape index (κ3) is 16.7. The fourth-order valence-corrected chi connectivity index (χ4v) is 12.1. The van der Waals surface area contributed by atoms with E-state index in [1.165, 1.54) is 12.1 Å². The minimum absolute atomic E-state index is 0.152. The maximum atomic E-state index is 13.6. The Bertz CT molecular complexity index is 2200. The highest BCUT2D eigenvalue weighted by atomic mass is 32.2. The zero-order chi connectivity index (χ0) is 53.0. The van der Waals surface area contributed by atoms with Crippen molar-refractivity contribution >= 4 is 71.3 Å². The second-order valence-corrected chi connectivity index (χ2v) is 21.3. The van der Waals surface area contributed by atoms with Crippen molar-refractivity contribution in [3.63, 3.8) is 0 Å².